The van der Waals surface area contributed by atoms with E-state index in [1.165, 1.54) is 19.3 Å². The number of unbranched alkanes of at least 4 members (excludes halogenated alkanes) is 7. The van der Waals surface area contributed by atoms with Gasteiger partial charge >= 0.3 is 47.5 Å². The summed E-state index contributed by atoms with van der Waals surface area (Å²) in [4.78, 5) is 45.1. The van der Waals surface area contributed by atoms with E-state index in [4.69, 9.17) is 40.1 Å². The zero-order chi connectivity index (χ0) is 40.8. The van der Waals surface area contributed by atoms with Gasteiger partial charge in [-0.25, -0.2) is 0 Å². The molecule has 3 aliphatic rings. The standard InChI is InChI=1S/C18H30O9.C12H18O3.C6H12O6.Na/c1-2-3-4-5-6-7-8-11(17(23)24)9-13(20)27-16-14(21)12(10-19)26-18(25)15(16)22;1-2-3-4-5-6-7-8-10-9-11(13)15-12(10)14;7-1-2-3(8)4(9)5(10)6(11)12-2;/h6-7,11-12,14-16,18-19,21-22,25H,2-5,8-10H2,1H3,(H,23,24);7-8,10H,2-6,9H2,1H3;2-11H,1H2;/q;;;+1/p-1/b7-6-;8-7+;;/t11?,12?,14-,15?,16+,18-;;2?,3-,4+,5?,6-;/m1.1./s1. The van der Waals surface area contributed by atoms with Crippen LogP contribution in [0.3, 0.4) is 0 Å². The Hall–Kier alpha value is -1.88. The van der Waals surface area contributed by atoms with E-state index in [1.54, 1.807) is 12.2 Å². The number of allylic oxidation sites excluding steroid dienone is 3. The molecule has 0 amide bonds. The first kappa shape index (κ1) is 53.1. The van der Waals surface area contributed by atoms with Crippen molar-refractivity contribution in [2.24, 2.45) is 11.8 Å². The summed E-state index contributed by atoms with van der Waals surface area (Å²) in [5, 5.41) is 94.3. The van der Waals surface area contributed by atoms with E-state index in [2.05, 4.69) is 23.3 Å². The Balaban J connectivity index is 0.000000874. The van der Waals surface area contributed by atoms with Gasteiger partial charge in [0, 0.05) is 11.9 Å². The molecular weight excluding hydrogens is 743 g/mol. The van der Waals surface area contributed by atoms with E-state index >= 15 is 0 Å². The topological polar surface area (TPSA) is 310 Å². The van der Waals surface area contributed by atoms with Gasteiger partial charge in [0.05, 0.1) is 32.0 Å². The van der Waals surface area contributed by atoms with Crippen LogP contribution in [0.5, 0.6) is 0 Å². The second-order valence-corrected chi connectivity index (χ2v) is 13.2. The Morgan fingerprint density at radius 2 is 1.31 bits per heavy atom. The molecule has 18 nitrogen and oxygen atoms in total. The third kappa shape index (κ3) is 19.4. The molecule has 0 aromatic rings. The van der Waals surface area contributed by atoms with Crippen LogP contribution in [0.4, 0.5) is 0 Å². The van der Waals surface area contributed by atoms with Gasteiger partial charge in [0.2, 0.25) is 0 Å². The summed E-state index contributed by atoms with van der Waals surface area (Å²) in [5.74, 6) is -4.63. The monoisotopic (exact) mass is 802 g/mol. The van der Waals surface area contributed by atoms with Crippen LogP contribution in [0.15, 0.2) is 24.3 Å². The molecule has 3 fully saturated rings. The average Bonchev–Trinajstić information content (AvgIpc) is 3.47. The summed E-state index contributed by atoms with van der Waals surface area (Å²) in [6.07, 6.45) is 2.04. The second-order valence-electron chi connectivity index (χ2n) is 13.2. The number of carboxylic acids is 1. The van der Waals surface area contributed by atoms with Gasteiger partial charge < -0.3 is 74.8 Å². The molecule has 3 heterocycles. The van der Waals surface area contributed by atoms with Gasteiger partial charge in [-0.05, 0) is 32.1 Å². The van der Waals surface area contributed by atoms with Crippen molar-refractivity contribution in [1.29, 1.82) is 0 Å². The molecule has 0 spiro atoms. The molecule has 312 valence electrons. The van der Waals surface area contributed by atoms with E-state index < -0.39 is 111 Å². The van der Waals surface area contributed by atoms with E-state index in [0.717, 1.165) is 38.5 Å². The SMILES string of the molecule is CCCCC/C=C\CC(CC(=O)O[C@@H]1C(O)[C@H](O)OC(CO)[C@H]1O)C(=O)[O-].CCCCCC/C=C/C1CC(=O)OC1=O.OCC1O[C@@H](O)C(O)[C@@H](O)[C@@H]1O.[Na+]. The van der Waals surface area contributed by atoms with Crippen molar-refractivity contribution in [1.82, 2.24) is 0 Å². The number of carbonyl (C=O) groups excluding carboxylic acids is 4. The molecule has 0 aromatic heterocycles. The predicted octanol–water partition coefficient (Wildman–Crippen LogP) is -5.00. The maximum atomic E-state index is 12.0. The summed E-state index contributed by atoms with van der Waals surface area (Å²) in [5.41, 5.74) is 0. The van der Waals surface area contributed by atoms with Gasteiger partial charge in [-0.3, -0.25) is 14.4 Å². The van der Waals surface area contributed by atoms with Crippen LogP contribution in [-0.4, -0.2) is 144 Å². The summed E-state index contributed by atoms with van der Waals surface area (Å²) >= 11 is 0. The van der Waals surface area contributed by atoms with Gasteiger partial charge in [-0.1, -0.05) is 70.3 Å². The smallest absolute Gasteiger partial charge is 0.550 e. The molecule has 0 aliphatic carbocycles. The van der Waals surface area contributed by atoms with Crippen LogP contribution >= 0.6 is 0 Å². The normalized spacial score (nSPS) is 31.1. The van der Waals surface area contributed by atoms with Gasteiger partial charge in [-0.2, -0.15) is 0 Å². The zero-order valence-electron chi connectivity index (χ0n) is 31.8. The molecule has 0 saturated carbocycles. The Morgan fingerprint density at radius 3 is 1.85 bits per heavy atom. The van der Waals surface area contributed by atoms with Crippen LogP contribution in [0.25, 0.3) is 0 Å². The van der Waals surface area contributed by atoms with Crippen molar-refractivity contribution in [3.05, 3.63) is 24.3 Å². The number of aliphatic hydroxyl groups excluding tert-OH is 9. The van der Waals surface area contributed by atoms with E-state index in [0.29, 0.717) is 0 Å². The first-order valence-electron chi connectivity index (χ1n) is 18.4. The Labute approximate surface area is 343 Å². The first-order valence-corrected chi connectivity index (χ1v) is 18.4. The number of ether oxygens (including phenoxy) is 4. The third-order valence-electron chi connectivity index (χ3n) is 8.78. The minimum atomic E-state index is -1.76. The Bertz CT molecular complexity index is 1160. The maximum absolute atomic E-state index is 12.0. The zero-order valence-corrected chi connectivity index (χ0v) is 33.8. The number of cyclic esters (lactones) is 2. The minimum absolute atomic E-state index is 0. The third-order valence-corrected chi connectivity index (χ3v) is 8.78. The van der Waals surface area contributed by atoms with Crippen LogP contribution in [-0.2, 0) is 38.1 Å². The molecule has 12 atom stereocenters. The number of aliphatic hydroxyl groups is 9. The van der Waals surface area contributed by atoms with Crippen molar-refractivity contribution in [2.75, 3.05) is 13.2 Å². The molecule has 0 aromatic carbocycles. The van der Waals surface area contributed by atoms with E-state index in [9.17, 15) is 39.6 Å². The largest absolute Gasteiger partial charge is 1.00 e. The summed E-state index contributed by atoms with van der Waals surface area (Å²) in [6, 6.07) is 0. The van der Waals surface area contributed by atoms with Gasteiger partial charge in [0.25, 0.3) is 0 Å². The number of esters is 3. The summed E-state index contributed by atoms with van der Waals surface area (Å²) in [7, 11) is 0. The molecule has 6 unspecified atom stereocenters. The quantitative estimate of drug-likeness (QED) is 0.0206. The molecule has 3 rings (SSSR count). The fraction of sp³-hybridized carbons (Fsp3) is 0.778. The minimum Gasteiger partial charge on any atom is -0.550 e. The summed E-state index contributed by atoms with van der Waals surface area (Å²) in [6.45, 7) is 3.07. The van der Waals surface area contributed by atoms with Crippen molar-refractivity contribution in [3.8, 4) is 0 Å². The van der Waals surface area contributed by atoms with Crippen molar-refractivity contribution < 1.29 is 119 Å². The predicted molar refractivity (Wildman–Crippen MR) is 184 cm³/mol. The van der Waals surface area contributed by atoms with Crippen LogP contribution in [0, 0.1) is 11.8 Å². The van der Waals surface area contributed by atoms with Crippen molar-refractivity contribution in [2.45, 2.75) is 152 Å². The fourth-order valence-corrected chi connectivity index (χ4v) is 5.43. The number of hydrogen-bond acceptors (Lipinski definition) is 18. The molecule has 19 heteroatoms. The van der Waals surface area contributed by atoms with Gasteiger partial charge in [0.1, 0.15) is 42.7 Å². The Kier molecular flexibility index (Phi) is 28.3. The van der Waals surface area contributed by atoms with Gasteiger partial charge in [0.15, 0.2) is 18.7 Å². The number of aliphatic carboxylic acids is 1. The van der Waals surface area contributed by atoms with Crippen LogP contribution in [0.2, 0.25) is 0 Å². The number of carboxylic acid groups (broad SMARTS) is 1. The number of hydrogen-bond donors (Lipinski definition) is 9. The number of carbonyl (C=O) groups is 4. The van der Waals surface area contributed by atoms with E-state index in [1.807, 2.05) is 12.2 Å². The van der Waals surface area contributed by atoms with Crippen molar-refractivity contribution >= 4 is 23.9 Å². The van der Waals surface area contributed by atoms with Crippen LogP contribution in [0.1, 0.15) is 90.9 Å². The molecule has 0 radical (unpaired) electrons. The van der Waals surface area contributed by atoms with Crippen LogP contribution < -0.4 is 34.7 Å². The molecular formula is C36H59NaO18. The average molecular weight is 803 g/mol. The molecule has 55 heavy (non-hydrogen) atoms. The maximum Gasteiger partial charge on any atom is 1.00 e. The van der Waals surface area contributed by atoms with Crippen molar-refractivity contribution in [3.63, 3.8) is 0 Å². The second kappa shape index (κ2) is 29.4. The first-order chi connectivity index (χ1) is 25.6. The molecule has 3 saturated heterocycles. The van der Waals surface area contributed by atoms with Gasteiger partial charge in [-0.15, -0.1) is 0 Å². The molecule has 9 N–H and O–H groups in total. The number of rotatable bonds is 18. The molecule has 3 aliphatic heterocycles. The summed E-state index contributed by atoms with van der Waals surface area (Å²) < 4.78 is 18.8. The van der Waals surface area contributed by atoms with E-state index in [-0.39, 0.29) is 48.3 Å². The fourth-order valence-electron chi connectivity index (χ4n) is 5.43. The molecule has 0 bridgehead atoms. The Morgan fingerprint density at radius 1 is 0.764 bits per heavy atom.